The van der Waals surface area contributed by atoms with Gasteiger partial charge in [-0.2, -0.15) is 0 Å². The van der Waals surface area contributed by atoms with Crippen LogP contribution in [0.3, 0.4) is 0 Å². The molecule has 1 amide bonds. The number of nitrogens with one attached hydrogen (secondary N) is 1. The molecule has 0 aliphatic heterocycles. The van der Waals surface area contributed by atoms with Crippen LogP contribution in [0.5, 0.6) is 0 Å². The average molecular weight is 481 g/mol. The molecule has 0 aliphatic carbocycles. The van der Waals surface area contributed by atoms with Gasteiger partial charge >= 0.3 is 0 Å². The van der Waals surface area contributed by atoms with Crippen LogP contribution in [0, 0.1) is 12.7 Å². The van der Waals surface area contributed by atoms with E-state index in [1.165, 1.54) is 73.3 Å². The zero-order chi connectivity index (χ0) is 24.6. The molecule has 4 aromatic rings. The van der Waals surface area contributed by atoms with E-state index in [4.69, 9.17) is 0 Å². The molecule has 3 aromatic carbocycles. The maximum absolute atomic E-state index is 13.3. The fourth-order valence-electron chi connectivity index (χ4n) is 3.46. The fraction of sp³-hybridized carbons (Fsp3) is 0.125. The lowest BCUT2D eigenvalue weighted by atomic mass is 10.2. The Morgan fingerprint density at radius 2 is 1.65 bits per heavy atom. The van der Waals surface area contributed by atoms with Crippen molar-refractivity contribution >= 4 is 32.5 Å². The molecule has 10 heteroatoms. The van der Waals surface area contributed by atoms with E-state index in [0.717, 1.165) is 4.31 Å². The number of hydrogen-bond acceptors (Lipinski definition) is 5. The highest BCUT2D eigenvalue weighted by atomic mass is 32.2. The van der Waals surface area contributed by atoms with Crippen LogP contribution in [0.15, 0.2) is 76.4 Å². The monoisotopic (exact) mass is 480 g/mol. The van der Waals surface area contributed by atoms with E-state index >= 15 is 0 Å². The van der Waals surface area contributed by atoms with Crippen LogP contribution in [0.4, 0.5) is 10.1 Å². The number of aromatic nitrogens is 2. The van der Waals surface area contributed by atoms with E-state index in [1.807, 2.05) is 0 Å². The lowest BCUT2D eigenvalue weighted by Gasteiger charge is -2.13. The number of halogens is 1. The first-order valence-corrected chi connectivity index (χ1v) is 11.7. The Hall–Kier alpha value is -3.89. The second-order valence-corrected chi connectivity index (χ2v) is 9.93. The minimum Gasteiger partial charge on any atom is -0.322 e. The molecule has 4 rings (SSSR count). The summed E-state index contributed by atoms with van der Waals surface area (Å²) in [5.74, 6) is -0.443. The average Bonchev–Trinajstić information content (AvgIpc) is 2.80. The number of carbonyl (C=O) groups is 1. The number of rotatable bonds is 5. The van der Waals surface area contributed by atoms with Crippen molar-refractivity contribution in [1.29, 1.82) is 0 Å². The third kappa shape index (κ3) is 4.33. The Kier molecular flexibility index (Phi) is 6.03. The van der Waals surface area contributed by atoms with Crippen molar-refractivity contribution in [1.82, 2.24) is 13.9 Å². The summed E-state index contributed by atoms with van der Waals surface area (Å²) in [6.07, 6.45) is 0. The first-order valence-electron chi connectivity index (χ1n) is 10.2. The highest BCUT2D eigenvalue weighted by Crippen LogP contribution is 2.19. The number of benzene rings is 3. The lowest BCUT2D eigenvalue weighted by Crippen LogP contribution is -2.23. The Morgan fingerprint density at radius 3 is 2.26 bits per heavy atom. The largest absolute Gasteiger partial charge is 0.322 e. The molecule has 8 nitrogen and oxygen atoms in total. The molecule has 1 heterocycles. The maximum Gasteiger partial charge on any atom is 0.266 e. The first-order chi connectivity index (χ1) is 16.1. The molecule has 1 N–H and O–H groups in total. The first kappa shape index (κ1) is 23.3. The SMILES string of the molecule is Cc1nc2ccc(NC(=O)c3ccc(S(=O)(=O)N(C)C)cc3)cc2c(=O)n1-c1ccc(F)cc1. The molecule has 0 spiro atoms. The molecule has 0 radical (unpaired) electrons. The van der Waals surface area contributed by atoms with Gasteiger partial charge in [-0.05, 0) is 73.7 Å². The second-order valence-electron chi connectivity index (χ2n) is 7.77. The van der Waals surface area contributed by atoms with Crippen LogP contribution < -0.4 is 10.9 Å². The molecule has 0 bridgehead atoms. The van der Waals surface area contributed by atoms with Crippen LogP contribution in [0.25, 0.3) is 16.6 Å². The predicted octanol–water partition coefficient (Wildman–Crippen LogP) is 3.34. The van der Waals surface area contributed by atoms with Crippen LogP contribution in [0.1, 0.15) is 16.2 Å². The second kappa shape index (κ2) is 8.81. The zero-order valence-electron chi connectivity index (χ0n) is 18.6. The van der Waals surface area contributed by atoms with Gasteiger partial charge in [0.25, 0.3) is 11.5 Å². The van der Waals surface area contributed by atoms with Gasteiger partial charge in [0.15, 0.2) is 0 Å². The van der Waals surface area contributed by atoms with Crippen molar-refractivity contribution in [2.75, 3.05) is 19.4 Å². The summed E-state index contributed by atoms with van der Waals surface area (Å²) in [4.78, 5) is 30.4. The normalized spacial score (nSPS) is 11.7. The molecule has 34 heavy (non-hydrogen) atoms. The van der Waals surface area contributed by atoms with Crippen LogP contribution in [-0.2, 0) is 10.0 Å². The molecule has 0 atom stereocenters. The summed E-state index contributed by atoms with van der Waals surface area (Å²) in [5, 5.41) is 2.99. The number of hydrogen-bond donors (Lipinski definition) is 1. The summed E-state index contributed by atoms with van der Waals surface area (Å²) >= 11 is 0. The fourth-order valence-corrected chi connectivity index (χ4v) is 4.36. The van der Waals surface area contributed by atoms with Crippen molar-refractivity contribution in [3.05, 3.63) is 94.3 Å². The lowest BCUT2D eigenvalue weighted by molar-refractivity contribution is 0.102. The summed E-state index contributed by atoms with van der Waals surface area (Å²) in [5.41, 5.74) is 1.19. The van der Waals surface area contributed by atoms with Crippen molar-refractivity contribution in [2.24, 2.45) is 0 Å². The number of nitrogens with zero attached hydrogens (tertiary/aromatic N) is 3. The zero-order valence-corrected chi connectivity index (χ0v) is 19.4. The molecular formula is C24H21FN4O4S. The quantitative estimate of drug-likeness (QED) is 0.472. The highest BCUT2D eigenvalue weighted by Gasteiger charge is 2.18. The van der Waals surface area contributed by atoms with Gasteiger partial charge in [-0.1, -0.05) is 0 Å². The van der Waals surface area contributed by atoms with Crippen molar-refractivity contribution in [2.45, 2.75) is 11.8 Å². The van der Waals surface area contributed by atoms with Crippen LogP contribution in [-0.4, -0.2) is 42.3 Å². The molecule has 0 aliphatic rings. The molecule has 174 valence electrons. The van der Waals surface area contributed by atoms with E-state index < -0.39 is 21.7 Å². The molecule has 0 saturated heterocycles. The number of anilines is 1. The number of carbonyl (C=O) groups excluding carboxylic acids is 1. The minimum absolute atomic E-state index is 0.0718. The highest BCUT2D eigenvalue weighted by molar-refractivity contribution is 7.89. The molecule has 1 aromatic heterocycles. The van der Waals surface area contributed by atoms with E-state index in [-0.39, 0.29) is 21.4 Å². The van der Waals surface area contributed by atoms with E-state index in [9.17, 15) is 22.4 Å². The summed E-state index contributed by atoms with van der Waals surface area (Å²) in [6.45, 7) is 1.68. The number of sulfonamides is 1. The van der Waals surface area contributed by atoms with Gasteiger partial charge in [0.05, 0.1) is 21.5 Å². The molecule has 0 fully saturated rings. The molecular weight excluding hydrogens is 459 g/mol. The third-order valence-corrected chi connectivity index (χ3v) is 7.10. The Labute approximate surface area is 195 Å². The Balaban J connectivity index is 1.66. The van der Waals surface area contributed by atoms with Gasteiger partial charge in [-0.15, -0.1) is 0 Å². The van der Waals surface area contributed by atoms with Gasteiger partial charge in [0.2, 0.25) is 10.0 Å². The summed E-state index contributed by atoms with van der Waals surface area (Å²) < 4.78 is 40.2. The molecule has 0 unspecified atom stereocenters. The van der Waals surface area contributed by atoms with Crippen molar-refractivity contribution in [3.8, 4) is 5.69 Å². The smallest absolute Gasteiger partial charge is 0.266 e. The van der Waals surface area contributed by atoms with Gasteiger partial charge < -0.3 is 5.32 Å². The third-order valence-electron chi connectivity index (χ3n) is 5.27. The molecule has 0 saturated carbocycles. The predicted molar refractivity (Wildman–Crippen MR) is 127 cm³/mol. The van der Waals surface area contributed by atoms with E-state index in [0.29, 0.717) is 22.7 Å². The van der Waals surface area contributed by atoms with Crippen LogP contribution >= 0.6 is 0 Å². The maximum atomic E-state index is 13.3. The van der Waals surface area contributed by atoms with Gasteiger partial charge in [-0.3, -0.25) is 14.2 Å². The summed E-state index contributed by atoms with van der Waals surface area (Å²) in [7, 11) is -0.750. The minimum atomic E-state index is -3.60. The Bertz CT molecular complexity index is 1560. The van der Waals surface area contributed by atoms with Gasteiger partial charge in [0.1, 0.15) is 11.6 Å². The van der Waals surface area contributed by atoms with Crippen LogP contribution in [0.2, 0.25) is 0 Å². The van der Waals surface area contributed by atoms with E-state index in [2.05, 4.69) is 10.3 Å². The van der Waals surface area contributed by atoms with Gasteiger partial charge in [-0.25, -0.2) is 22.1 Å². The van der Waals surface area contributed by atoms with Gasteiger partial charge in [0, 0.05) is 25.3 Å². The Morgan fingerprint density at radius 1 is 1.00 bits per heavy atom. The standard InChI is InChI=1S/C24H21FN4O4S/c1-15-26-22-13-8-18(14-21(22)24(31)29(15)19-9-6-17(25)7-10-19)27-23(30)16-4-11-20(12-5-16)34(32,33)28(2)3/h4-14H,1-3H3,(H,27,30). The topological polar surface area (TPSA) is 101 Å². The summed E-state index contributed by atoms with van der Waals surface area (Å²) in [6, 6.07) is 15.8. The number of fused-ring (bicyclic) bond motifs is 1. The number of amides is 1. The van der Waals surface area contributed by atoms with Crippen molar-refractivity contribution in [3.63, 3.8) is 0 Å². The van der Waals surface area contributed by atoms with Crippen molar-refractivity contribution < 1.29 is 17.6 Å². The van der Waals surface area contributed by atoms with E-state index in [1.54, 1.807) is 19.1 Å². The number of aryl methyl sites for hydroxylation is 1.